The first-order valence-corrected chi connectivity index (χ1v) is 8.07. The van der Waals surface area contributed by atoms with Crippen molar-refractivity contribution in [3.05, 3.63) is 32.7 Å². The van der Waals surface area contributed by atoms with Crippen LogP contribution in [0, 0.1) is 13.8 Å². The number of rotatable bonds is 2. The number of halogens is 1. The van der Waals surface area contributed by atoms with Crippen LogP contribution in [-0.2, 0) is 0 Å². The van der Waals surface area contributed by atoms with Crippen LogP contribution in [0.15, 0.2) is 12.1 Å². The Morgan fingerprint density at radius 3 is 2.52 bits per heavy atom. The summed E-state index contributed by atoms with van der Waals surface area (Å²) in [4.78, 5) is 17.3. The number of hydrogen-bond donors (Lipinski definition) is 1. The zero-order valence-corrected chi connectivity index (χ0v) is 13.6. The Labute approximate surface area is 132 Å². The molecule has 0 radical (unpaired) electrons. The Balaban J connectivity index is 1.67. The standard InChI is InChI=1S/C14H17ClN4OS/c1-9-13(10(2)17-16-9)18-5-7-19(8-6-18)14(20)11-3-4-12(15)21-11/h3-4H,5-8H2,1-2H3,(H,16,17). The van der Waals surface area contributed by atoms with E-state index in [9.17, 15) is 4.79 Å². The molecule has 1 fully saturated rings. The van der Waals surface area contributed by atoms with Crippen molar-refractivity contribution in [2.45, 2.75) is 13.8 Å². The Bertz CT molecular complexity index is 638. The van der Waals surface area contributed by atoms with E-state index in [1.807, 2.05) is 18.7 Å². The number of carbonyl (C=O) groups is 1. The Morgan fingerprint density at radius 1 is 1.29 bits per heavy atom. The molecule has 3 rings (SSSR count). The van der Waals surface area contributed by atoms with E-state index < -0.39 is 0 Å². The van der Waals surface area contributed by atoms with Gasteiger partial charge in [-0.15, -0.1) is 11.3 Å². The molecule has 0 aliphatic carbocycles. The van der Waals surface area contributed by atoms with Gasteiger partial charge in [-0.3, -0.25) is 9.89 Å². The van der Waals surface area contributed by atoms with Gasteiger partial charge < -0.3 is 9.80 Å². The van der Waals surface area contributed by atoms with E-state index in [-0.39, 0.29) is 5.91 Å². The first kappa shape index (κ1) is 14.4. The van der Waals surface area contributed by atoms with Crippen molar-refractivity contribution in [3.8, 4) is 0 Å². The lowest BCUT2D eigenvalue weighted by atomic mass is 10.2. The highest BCUT2D eigenvalue weighted by molar-refractivity contribution is 7.17. The quantitative estimate of drug-likeness (QED) is 0.924. The summed E-state index contributed by atoms with van der Waals surface area (Å²) in [5.74, 6) is 0.0761. The SMILES string of the molecule is Cc1n[nH]c(C)c1N1CCN(C(=O)c2ccc(Cl)s2)CC1. The number of nitrogens with one attached hydrogen (secondary N) is 1. The van der Waals surface area contributed by atoms with Crippen LogP contribution in [0.25, 0.3) is 0 Å². The molecule has 2 aromatic heterocycles. The number of anilines is 1. The Hall–Kier alpha value is -1.53. The van der Waals surface area contributed by atoms with Gasteiger partial charge in [-0.25, -0.2) is 0 Å². The van der Waals surface area contributed by atoms with Crippen molar-refractivity contribution in [2.75, 3.05) is 31.1 Å². The van der Waals surface area contributed by atoms with Gasteiger partial charge in [-0.1, -0.05) is 11.6 Å². The van der Waals surface area contributed by atoms with E-state index in [2.05, 4.69) is 15.1 Å². The highest BCUT2D eigenvalue weighted by Crippen LogP contribution is 2.25. The number of H-pyrrole nitrogens is 1. The van der Waals surface area contributed by atoms with E-state index in [1.165, 1.54) is 17.0 Å². The van der Waals surface area contributed by atoms with Crippen LogP contribution in [0.3, 0.4) is 0 Å². The smallest absolute Gasteiger partial charge is 0.264 e. The van der Waals surface area contributed by atoms with Gasteiger partial charge in [-0.2, -0.15) is 5.10 Å². The normalized spacial score (nSPS) is 15.6. The predicted molar refractivity (Wildman–Crippen MR) is 85.5 cm³/mol. The van der Waals surface area contributed by atoms with Crippen LogP contribution in [0.5, 0.6) is 0 Å². The molecule has 1 aliphatic rings. The van der Waals surface area contributed by atoms with Crippen LogP contribution in [-0.4, -0.2) is 47.2 Å². The van der Waals surface area contributed by atoms with Gasteiger partial charge in [0.2, 0.25) is 0 Å². The minimum Gasteiger partial charge on any atom is -0.365 e. The summed E-state index contributed by atoms with van der Waals surface area (Å²) in [6, 6.07) is 3.57. The summed E-state index contributed by atoms with van der Waals surface area (Å²) in [6.45, 7) is 7.12. The molecule has 7 heteroatoms. The van der Waals surface area contributed by atoms with Gasteiger partial charge in [-0.05, 0) is 26.0 Å². The topological polar surface area (TPSA) is 52.2 Å². The molecule has 0 unspecified atom stereocenters. The molecule has 2 aromatic rings. The number of aromatic nitrogens is 2. The van der Waals surface area contributed by atoms with Gasteiger partial charge in [0.25, 0.3) is 5.91 Å². The zero-order chi connectivity index (χ0) is 15.0. The highest BCUT2D eigenvalue weighted by atomic mass is 35.5. The molecule has 0 aromatic carbocycles. The fraction of sp³-hybridized carbons (Fsp3) is 0.429. The number of piperazine rings is 1. The second-order valence-corrected chi connectivity index (χ2v) is 6.88. The van der Waals surface area contributed by atoms with Crippen LogP contribution >= 0.6 is 22.9 Å². The minimum atomic E-state index is 0.0761. The first-order chi connectivity index (χ1) is 10.1. The third-order valence-corrected chi connectivity index (χ3v) is 4.98. The molecule has 1 saturated heterocycles. The van der Waals surface area contributed by atoms with Crippen LogP contribution in [0.4, 0.5) is 5.69 Å². The Kier molecular flexibility index (Phi) is 3.91. The van der Waals surface area contributed by atoms with Crippen LogP contribution in [0.2, 0.25) is 4.34 Å². The number of carbonyl (C=O) groups excluding carboxylic acids is 1. The molecule has 5 nitrogen and oxygen atoms in total. The average Bonchev–Trinajstić information content (AvgIpc) is 3.05. The molecule has 0 bridgehead atoms. The molecular weight excluding hydrogens is 308 g/mol. The van der Waals surface area contributed by atoms with E-state index in [1.54, 1.807) is 12.1 Å². The maximum atomic E-state index is 12.4. The summed E-state index contributed by atoms with van der Waals surface area (Å²) < 4.78 is 0.654. The molecule has 1 N–H and O–H groups in total. The molecule has 1 aliphatic heterocycles. The molecule has 21 heavy (non-hydrogen) atoms. The lowest BCUT2D eigenvalue weighted by Gasteiger charge is -2.36. The monoisotopic (exact) mass is 324 g/mol. The molecule has 1 amide bonds. The number of hydrogen-bond acceptors (Lipinski definition) is 4. The summed E-state index contributed by atoms with van der Waals surface area (Å²) in [5.41, 5.74) is 3.26. The number of aromatic amines is 1. The lowest BCUT2D eigenvalue weighted by molar-refractivity contribution is 0.0751. The molecular formula is C14H17ClN4OS. The second kappa shape index (κ2) is 5.69. The third-order valence-electron chi connectivity index (χ3n) is 3.76. The number of nitrogens with zero attached hydrogens (tertiary/aromatic N) is 3. The van der Waals surface area contributed by atoms with Crippen LogP contribution < -0.4 is 4.90 Å². The number of amides is 1. The maximum absolute atomic E-state index is 12.4. The lowest BCUT2D eigenvalue weighted by Crippen LogP contribution is -2.48. The van der Waals surface area contributed by atoms with Crippen LogP contribution in [0.1, 0.15) is 21.1 Å². The van der Waals surface area contributed by atoms with Gasteiger partial charge in [0.05, 0.1) is 26.3 Å². The van der Waals surface area contributed by atoms with E-state index in [0.29, 0.717) is 9.21 Å². The minimum absolute atomic E-state index is 0.0761. The van der Waals surface area contributed by atoms with Gasteiger partial charge in [0.15, 0.2) is 0 Å². The van der Waals surface area contributed by atoms with Crippen molar-refractivity contribution in [3.63, 3.8) is 0 Å². The average molecular weight is 325 g/mol. The van der Waals surface area contributed by atoms with Crippen molar-refractivity contribution in [2.24, 2.45) is 0 Å². The van der Waals surface area contributed by atoms with E-state index in [0.717, 1.165) is 37.6 Å². The fourth-order valence-electron chi connectivity index (χ4n) is 2.73. The van der Waals surface area contributed by atoms with Gasteiger partial charge >= 0.3 is 0 Å². The molecule has 112 valence electrons. The van der Waals surface area contributed by atoms with E-state index in [4.69, 9.17) is 11.6 Å². The maximum Gasteiger partial charge on any atom is 0.264 e. The second-order valence-electron chi connectivity index (χ2n) is 5.17. The van der Waals surface area contributed by atoms with Gasteiger partial charge in [0.1, 0.15) is 0 Å². The predicted octanol–water partition coefficient (Wildman–Crippen LogP) is 2.70. The van der Waals surface area contributed by atoms with Crippen molar-refractivity contribution < 1.29 is 4.79 Å². The molecule has 3 heterocycles. The highest BCUT2D eigenvalue weighted by Gasteiger charge is 2.25. The van der Waals surface area contributed by atoms with Gasteiger partial charge in [0, 0.05) is 26.2 Å². The molecule has 0 spiro atoms. The number of aryl methyl sites for hydroxylation is 2. The third kappa shape index (κ3) is 2.78. The summed E-state index contributed by atoms with van der Waals surface area (Å²) in [5, 5.41) is 7.25. The summed E-state index contributed by atoms with van der Waals surface area (Å²) in [7, 11) is 0. The molecule has 0 saturated carbocycles. The summed E-state index contributed by atoms with van der Waals surface area (Å²) >= 11 is 7.24. The van der Waals surface area contributed by atoms with E-state index >= 15 is 0 Å². The zero-order valence-electron chi connectivity index (χ0n) is 12.0. The Morgan fingerprint density at radius 2 is 2.00 bits per heavy atom. The van der Waals surface area contributed by atoms with Crippen molar-refractivity contribution in [1.29, 1.82) is 0 Å². The number of thiophene rings is 1. The van der Waals surface area contributed by atoms with Crippen molar-refractivity contribution >= 4 is 34.5 Å². The molecule has 0 atom stereocenters. The largest absolute Gasteiger partial charge is 0.365 e. The fourth-order valence-corrected chi connectivity index (χ4v) is 3.74. The first-order valence-electron chi connectivity index (χ1n) is 6.87. The van der Waals surface area contributed by atoms with Crippen molar-refractivity contribution in [1.82, 2.24) is 15.1 Å². The summed E-state index contributed by atoms with van der Waals surface area (Å²) in [6.07, 6.45) is 0.